The predicted molar refractivity (Wildman–Crippen MR) is 68.1 cm³/mol. The van der Waals surface area contributed by atoms with E-state index in [1.807, 2.05) is 0 Å². The minimum atomic E-state index is -1.11. The van der Waals surface area contributed by atoms with E-state index in [9.17, 15) is 9.59 Å². The predicted octanol–water partition coefficient (Wildman–Crippen LogP) is 3.00. The molecule has 1 aromatic heterocycles. The van der Waals surface area contributed by atoms with Gasteiger partial charge in [-0.1, -0.05) is 6.42 Å². The number of aromatic nitrogens is 1. The molecule has 1 atom stereocenters. The summed E-state index contributed by atoms with van der Waals surface area (Å²) in [5, 5.41) is 10.1. The van der Waals surface area contributed by atoms with Gasteiger partial charge in [-0.2, -0.15) is 11.8 Å². The van der Waals surface area contributed by atoms with Crippen LogP contribution < -0.4 is 0 Å². The van der Waals surface area contributed by atoms with Gasteiger partial charge in [0.25, 0.3) is 0 Å². The lowest BCUT2D eigenvalue weighted by Crippen LogP contribution is -2.05. The summed E-state index contributed by atoms with van der Waals surface area (Å²) >= 11 is 3.05. The van der Waals surface area contributed by atoms with E-state index < -0.39 is 5.97 Å². The van der Waals surface area contributed by atoms with Crippen molar-refractivity contribution in [2.24, 2.45) is 0 Å². The van der Waals surface area contributed by atoms with Gasteiger partial charge in [0.05, 0.1) is 5.25 Å². The van der Waals surface area contributed by atoms with Crippen LogP contribution in [0.15, 0.2) is 0 Å². The molecule has 1 fully saturated rings. The van der Waals surface area contributed by atoms with Crippen molar-refractivity contribution in [1.82, 2.24) is 4.98 Å². The number of aromatic carboxylic acids is 1. The van der Waals surface area contributed by atoms with Crippen molar-refractivity contribution < 1.29 is 14.7 Å². The molecule has 92 valence electrons. The maximum absolute atomic E-state index is 11.4. The Kier molecular flexibility index (Phi) is 3.83. The van der Waals surface area contributed by atoms with Gasteiger partial charge in [-0.25, -0.2) is 9.78 Å². The maximum atomic E-state index is 11.4. The first kappa shape index (κ1) is 12.6. The largest absolute Gasteiger partial charge is 0.476 e. The molecule has 1 aromatic rings. The Bertz CT molecular complexity index is 418. The first-order chi connectivity index (χ1) is 8.09. The van der Waals surface area contributed by atoms with Crippen molar-refractivity contribution >= 4 is 34.9 Å². The molecule has 17 heavy (non-hydrogen) atoms. The first-order valence-electron chi connectivity index (χ1n) is 5.46. The first-order valence-corrected chi connectivity index (χ1v) is 7.32. The number of hydrogen-bond acceptors (Lipinski definition) is 5. The molecule has 1 N–H and O–H groups in total. The maximum Gasteiger partial charge on any atom is 0.356 e. The van der Waals surface area contributed by atoms with Crippen LogP contribution >= 0.6 is 23.1 Å². The third kappa shape index (κ3) is 2.69. The molecule has 0 saturated carbocycles. The highest BCUT2D eigenvalue weighted by molar-refractivity contribution is 7.99. The summed E-state index contributed by atoms with van der Waals surface area (Å²) < 4.78 is 0. The van der Waals surface area contributed by atoms with Gasteiger partial charge < -0.3 is 5.11 Å². The average molecular weight is 271 g/mol. The number of ketones is 1. The number of carboxylic acid groups (broad SMARTS) is 1. The number of carboxylic acids is 1. The van der Waals surface area contributed by atoms with Crippen LogP contribution in [0.25, 0.3) is 0 Å². The zero-order valence-electron chi connectivity index (χ0n) is 9.43. The Balaban J connectivity index is 2.32. The molecule has 4 nitrogen and oxygen atoms in total. The van der Waals surface area contributed by atoms with Crippen LogP contribution in [0.3, 0.4) is 0 Å². The minimum Gasteiger partial charge on any atom is -0.476 e. The van der Waals surface area contributed by atoms with Crippen LogP contribution in [-0.4, -0.2) is 27.6 Å². The summed E-state index contributed by atoms with van der Waals surface area (Å²) in [6.45, 7) is 1.39. The number of Topliss-reactive ketones (excluding diaryl/α,β-unsaturated/α-hetero) is 1. The average Bonchev–Trinajstić information content (AvgIpc) is 2.75. The van der Waals surface area contributed by atoms with E-state index in [-0.39, 0.29) is 21.6 Å². The smallest absolute Gasteiger partial charge is 0.356 e. The van der Waals surface area contributed by atoms with E-state index in [1.165, 1.54) is 24.7 Å². The van der Waals surface area contributed by atoms with Gasteiger partial charge in [-0.15, -0.1) is 11.3 Å². The fraction of sp³-hybridized carbons (Fsp3) is 0.545. The Morgan fingerprint density at radius 3 is 2.65 bits per heavy atom. The number of carbonyl (C=O) groups excluding carboxylic acids is 1. The monoisotopic (exact) mass is 271 g/mol. The summed E-state index contributed by atoms with van der Waals surface area (Å²) in [5.41, 5.74) is -0.0799. The van der Waals surface area contributed by atoms with Gasteiger partial charge >= 0.3 is 5.97 Å². The van der Waals surface area contributed by atoms with Crippen LogP contribution in [-0.2, 0) is 0 Å². The second-order valence-electron chi connectivity index (χ2n) is 3.95. The Morgan fingerprint density at radius 1 is 1.41 bits per heavy atom. The highest BCUT2D eigenvalue weighted by atomic mass is 32.2. The topological polar surface area (TPSA) is 67.3 Å². The molecule has 0 radical (unpaired) electrons. The van der Waals surface area contributed by atoms with E-state index in [0.717, 1.165) is 23.6 Å². The molecule has 6 heteroatoms. The van der Waals surface area contributed by atoms with Gasteiger partial charge in [0.1, 0.15) is 9.88 Å². The van der Waals surface area contributed by atoms with Crippen molar-refractivity contribution in [3.63, 3.8) is 0 Å². The Morgan fingerprint density at radius 2 is 2.18 bits per heavy atom. The quantitative estimate of drug-likeness (QED) is 0.856. The third-order valence-electron chi connectivity index (χ3n) is 2.62. The number of thioether (sulfide) groups is 1. The van der Waals surface area contributed by atoms with Gasteiger partial charge in [-0.3, -0.25) is 4.79 Å². The molecule has 1 aliphatic rings. The standard InChI is InChI=1S/C11H13NO3S2/c1-6(13)9-8(11(14)15)12-10(17-9)7-4-2-3-5-16-7/h7H,2-5H2,1H3,(H,14,15). The fourth-order valence-corrected chi connectivity index (χ4v) is 4.29. The van der Waals surface area contributed by atoms with E-state index in [2.05, 4.69) is 4.98 Å². The van der Waals surface area contributed by atoms with Crippen LogP contribution in [0.5, 0.6) is 0 Å². The second-order valence-corrected chi connectivity index (χ2v) is 6.29. The second kappa shape index (κ2) is 5.18. The number of rotatable bonds is 3. The highest BCUT2D eigenvalue weighted by Gasteiger charge is 2.25. The number of thiazole rings is 1. The van der Waals surface area contributed by atoms with Gasteiger partial charge in [0.15, 0.2) is 11.5 Å². The van der Waals surface area contributed by atoms with Gasteiger partial charge in [0.2, 0.25) is 0 Å². The third-order valence-corrected chi connectivity index (χ3v) is 5.43. The summed E-state index contributed by atoms with van der Waals surface area (Å²) in [5.74, 6) is -0.243. The highest BCUT2D eigenvalue weighted by Crippen LogP contribution is 2.40. The van der Waals surface area contributed by atoms with Crippen LogP contribution in [0, 0.1) is 0 Å². The summed E-state index contributed by atoms with van der Waals surface area (Å²) in [4.78, 5) is 26.8. The summed E-state index contributed by atoms with van der Waals surface area (Å²) in [7, 11) is 0. The zero-order valence-corrected chi connectivity index (χ0v) is 11.1. The molecule has 1 saturated heterocycles. The van der Waals surface area contributed by atoms with Crippen molar-refractivity contribution in [3.8, 4) is 0 Å². The van der Waals surface area contributed by atoms with Gasteiger partial charge in [0, 0.05) is 6.92 Å². The molecule has 0 aliphatic carbocycles. The molecule has 1 unspecified atom stereocenters. The SMILES string of the molecule is CC(=O)c1sc(C2CCCCS2)nc1C(=O)O. The van der Waals surface area contributed by atoms with E-state index in [1.54, 1.807) is 11.8 Å². The molecule has 0 spiro atoms. The number of nitrogens with zero attached hydrogens (tertiary/aromatic N) is 1. The fourth-order valence-electron chi connectivity index (χ4n) is 1.79. The van der Waals surface area contributed by atoms with Crippen LogP contribution in [0.2, 0.25) is 0 Å². The normalized spacial score (nSPS) is 20.2. The van der Waals surface area contributed by atoms with E-state index in [0.29, 0.717) is 0 Å². The van der Waals surface area contributed by atoms with Gasteiger partial charge in [-0.05, 0) is 18.6 Å². The number of hydrogen-bond donors (Lipinski definition) is 1. The summed E-state index contributed by atoms with van der Waals surface area (Å²) in [6.07, 6.45) is 3.38. The Labute approximate surface area is 107 Å². The van der Waals surface area contributed by atoms with E-state index >= 15 is 0 Å². The summed E-state index contributed by atoms with van der Waals surface area (Å²) in [6, 6.07) is 0. The number of carbonyl (C=O) groups is 2. The molecular weight excluding hydrogens is 258 g/mol. The van der Waals surface area contributed by atoms with Crippen molar-refractivity contribution in [2.75, 3.05) is 5.75 Å². The van der Waals surface area contributed by atoms with Crippen molar-refractivity contribution in [1.29, 1.82) is 0 Å². The molecule has 0 aromatic carbocycles. The van der Waals surface area contributed by atoms with Crippen molar-refractivity contribution in [3.05, 3.63) is 15.6 Å². The van der Waals surface area contributed by atoms with Crippen LogP contribution in [0.1, 0.15) is 56.6 Å². The lowest BCUT2D eigenvalue weighted by Gasteiger charge is -2.18. The Hall–Kier alpha value is -0.880. The van der Waals surface area contributed by atoms with E-state index in [4.69, 9.17) is 5.11 Å². The minimum absolute atomic E-state index is 0.0799. The molecule has 2 rings (SSSR count). The molecule has 0 amide bonds. The lowest BCUT2D eigenvalue weighted by atomic mass is 10.2. The molecular formula is C11H13NO3S2. The lowest BCUT2D eigenvalue weighted by molar-refractivity contribution is 0.0687. The van der Waals surface area contributed by atoms with Crippen molar-refractivity contribution in [2.45, 2.75) is 31.4 Å². The molecule has 0 bridgehead atoms. The van der Waals surface area contributed by atoms with Crippen LogP contribution in [0.4, 0.5) is 0 Å². The molecule has 1 aliphatic heterocycles. The zero-order chi connectivity index (χ0) is 12.4. The molecule has 2 heterocycles.